The van der Waals surface area contributed by atoms with Crippen molar-refractivity contribution in [3.63, 3.8) is 0 Å². The Kier molecular flexibility index (Phi) is 8.70. The molecule has 6 N–H and O–H groups in total. The zero-order valence-corrected chi connectivity index (χ0v) is 24.3. The van der Waals surface area contributed by atoms with E-state index in [9.17, 15) is 33.3 Å². The van der Waals surface area contributed by atoms with Crippen molar-refractivity contribution >= 4 is 39.2 Å². The summed E-state index contributed by atoms with van der Waals surface area (Å²) in [6.07, 6.45) is -5.06. The number of aliphatic hydroxyl groups is 2. The number of carbonyl (C=O) groups excluding carboxylic acids is 2. The first kappa shape index (κ1) is 31.0. The maximum absolute atomic E-state index is 12.5. The van der Waals surface area contributed by atoms with Crippen molar-refractivity contribution in [3.8, 4) is 5.75 Å². The van der Waals surface area contributed by atoms with Gasteiger partial charge in [0.2, 0.25) is 0 Å². The minimum absolute atomic E-state index is 0.0641. The fourth-order valence-electron chi connectivity index (χ4n) is 4.06. The van der Waals surface area contributed by atoms with Crippen molar-refractivity contribution in [3.05, 3.63) is 42.0 Å². The number of rotatable bonds is 8. The second kappa shape index (κ2) is 11.8. The predicted octanol–water partition coefficient (Wildman–Crippen LogP) is 0.886. The molecule has 0 aliphatic carbocycles. The van der Waals surface area contributed by atoms with E-state index in [4.69, 9.17) is 9.47 Å². The average Bonchev–Trinajstić information content (AvgIpc) is 3.42. The summed E-state index contributed by atoms with van der Waals surface area (Å²) in [4.78, 5) is 37.9. The van der Waals surface area contributed by atoms with Gasteiger partial charge in [-0.3, -0.25) is 14.7 Å². The molecule has 2 amide bonds. The number of hydrogen-bond acceptors (Lipinski definition) is 12. The number of nitrogens with zero attached hydrogens (tertiary/aromatic N) is 4. The summed E-state index contributed by atoms with van der Waals surface area (Å²) in [5.41, 5.74) is -0.693. The van der Waals surface area contributed by atoms with Crippen molar-refractivity contribution < 1.29 is 42.8 Å². The number of amides is 2. The second-order valence-electron chi connectivity index (χ2n) is 10.9. The molecule has 2 unspecified atom stereocenters. The first-order valence-electron chi connectivity index (χ1n) is 12.9. The molecule has 1 fully saturated rings. The Balaban J connectivity index is 1.53. The average molecular weight is 608 g/mol. The van der Waals surface area contributed by atoms with Crippen LogP contribution in [0.1, 0.15) is 62.9 Å². The predicted molar refractivity (Wildman–Crippen MR) is 148 cm³/mol. The number of anilines is 1. The van der Waals surface area contributed by atoms with Gasteiger partial charge in [-0.05, 0) is 32.9 Å². The summed E-state index contributed by atoms with van der Waals surface area (Å²) >= 11 is 0. The number of imidazole rings is 1. The van der Waals surface area contributed by atoms with Gasteiger partial charge in [0.25, 0.3) is 5.91 Å². The number of aliphatic hydroxyl groups excluding tert-OH is 2. The molecule has 0 spiro atoms. The van der Waals surface area contributed by atoms with Gasteiger partial charge in [0, 0.05) is 12.5 Å². The molecule has 0 radical (unpaired) electrons. The molecule has 3 aromatic rings. The third-order valence-electron chi connectivity index (χ3n) is 6.04. The molecule has 0 bridgehead atoms. The topological polar surface area (TPSA) is 227 Å². The van der Waals surface area contributed by atoms with E-state index >= 15 is 0 Å². The van der Waals surface area contributed by atoms with Crippen LogP contribution in [0.15, 0.2) is 30.6 Å². The van der Waals surface area contributed by atoms with Crippen LogP contribution in [0.3, 0.4) is 0 Å². The number of fused-ring (bicyclic) bond motifs is 1. The summed E-state index contributed by atoms with van der Waals surface area (Å²) in [5.74, 6) is -1.26. The van der Waals surface area contributed by atoms with E-state index in [0.717, 1.165) is 0 Å². The van der Waals surface area contributed by atoms with Crippen LogP contribution in [0, 0.1) is 0 Å². The number of hydrogen-bond donors (Lipinski definition) is 6. The molecule has 1 aliphatic heterocycles. The van der Waals surface area contributed by atoms with E-state index < -0.39 is 64.6 Å². The lowest BCUT2D eigenvalue weighted by Crippen LogP contribution is -2.45. The molecule has 17 heteroatoms. The Morgan fingerprint density at radius 2 is 1.83 bits per heavy atom. The van der Waals surface area contributed by atoms with Gasteiger partial charge in [-0.15, -0.1) is 0 Å². The van der Waals surface area contributed by atoms with Crippen molar-refractivity contribution in [2.24, 2.45) is 0 Å². The number of aromatic nitrogens is 4. The van der Waals surface area contributed by atoms with Gasteiger partial charge in [-0.25, -0.2) is 24.5 Å². The number of para-hydroxylation sites is 1. The minimum Gasteiger partial charge on any atom is -0.507 e. The Labute approximate surface area is 241 Å². The van der Waals surface area contributed by atoms with E-state index in [1.54, 1.807) is 25.5 Å². The first-order chi connectivity index (χ1) is 19.6. The molecule has 1 aromatic carbocycles. The van der Waals surface area contributed by atoms with Crippen LogP contribution in [-0.2, 0) is 19.7 Å². The molecule has 2 aromatic heterocycles. The molecule has 4 atom stereocenters. The molecule has 3 heterocycles. The van der Waals surface area contributed by atoms with Crippen LogP contribution < -0.4 is 14.8 Å². The van der Waals surface area contributed by atoms with Crippen molar-refractivity contribution in [2.75, 3.05) is 11.9 Å². The maximum Gasteiger partial charge on any atom is 0.413 e. The monoisotopic (exact) mass is 607 g/mol. The number of phenolic OH excluding ortho intramolecular Hbond substituents is 1. The Morgan fingerprint density at radius 3 is 2.48 bits per heavy atom. The number of benzene rings is 1. The minimum atomic E-state index is -4.45. The van der Waals surface area contributed by atoms with Crippen LogP contribution in [0.4, 0.5) is 10.6 Å². The zero-order valence-electron chi connectivity index (χ0n) is 23.5. The third kappa shape index (κ3) is 6.93. The molecule has 1 aliphatic rings. The molecule has 228 valence electrons. The number of aromatic hydroxyl groups is 1. The molecule has 42 heavy (non-hydrogen) atoms. The lowest BCUT2D eigenvalue weighted by atomic mass is 10.1. The van der Waals surface area contributed by atoms with Gasteiger partial charge in [-0.2, -0.15) is 13.1 Å². The van der Waals surface area contributed by atoms with Crippen molar-refractivity contribution in [1.29, 1.82) is 0 Å². The maximum atomic E-state index is 12.5. The van der Waals surface area contributed by atoms with Crippen LogP contribution in [0.25, 0.3) is 11.2 Å². The van der Waals surface area contributed by atoms with Crippen molar-refractivity contribution in [2.45, 2.75) is 70.7 Å². The zero-order chi connectivity index (χ0) is 31.0. The van der Waals surface area contributed by atoms with Gasteiger partial charge in [-0.1, -0.05) is 26.0 Å². The number of nitrogens with one attached hydrogen (secondary N) is 3. The van der Waals surface area contributed by atoms with Crippen LogP contribution >= 0.6 is 0 Å². The quantitative estimate of drug-likeness (QED) is 0.210. The smallest absolute Gasteiger partial charge is 0.413 e. The molecule has 4 rings (SSSR count). The molecular formula is C25H33N7O9S. The van der Waals surface area contributed by atoms with Crippen LogP contribution in [0.5, 0.6) is 5.75 Å². The number of ether oxygens (including phenoxy) is 2. The van der Waals surface area contributed by atoms with Gasteiger partial charge in [0.1, 0.15) is 35.5 Å². The van der Waals surface area contributed by atoms with Gasteiger partial charge in [0.15, 0.2) is 23.2 Å². The highest BCUT2D eigenvalue weighted by Crippen LogP contribution is 2.33. The number of carbonyl (C=O) groups is 2. The van der Waals surface area contributed by atoms with E-state index in [1.807, 2.05) is 13.8 Å². The third-order valence-corrected chi connectivity index (χ3v) is 7.04. The molecule has 1 saturated heterocycles. The van der Waals surface area contributed by atoms with Gasteiger partial charge >= 0.3 is 16.3 Å². The summed E-state index contributed by atoms with van der Waals surface area (Å²) in [5, 5.41) is 33.8. The first-order valence-corrected chi connectivity index (χ1v) is 14.4. The Bertz CT molecular complexity index is 1590. The highest BCUT2D eigenvalue weighted by Gasteiger charge is 2.45. The summed E-state index contributed by atoms with van der Waals surface area (Å²) in [7, 11) is -4.45. The van der Waals surface area contributed by atoms with E-state index in [2.05, 4.69) is 25.0 Å². The molecule has 16 nitrogen and oxygen atoms in total. The van der Waals surface area contributed by atoms with Gasteiger partial charge in [0.05, 0.1) is 11.9 Å². The molecular weight excluding hydrogens is 574 g/mol. The van der Waals surface area contributed by atoms with E-state index in [1.165, 1.54) is 35.2 Å². The SMILES string of the molecule is CC(C)c1nc(NC(=O)OC(C)(C)C)c2ncn([C@@H]3O[C@H](CNS(=O)(=O)NC(=O)c4ccccc4O)C(O)C3O)c2n1. The number of phenols is 1. The standard InChI is InChI=1S/C25H33N7O9S/c1-12(2)19-28-20(30-24(37)41-25(3,4)5)16-21(29-19)32(11-26-16)23-18(35)17(34)15(40-23)10-27-42(38,39)31-22(36)13-8-6-7-9-14(13)33/h6-9,11-12,15,17-18,23,27,33-35H,10H2,1-5H3,(H,31,36)(H,28,29,30,37)/t15-,17?,18?,23-/m1/s1. The largest absolute Gasteiger partial charge is 0.507 e. The highest BCUT2D eigenvalue weighted by atomic mass is 32.2. The van der Waals surface area contributed by atoms with Crippen LogP contribution in [-0.4, -0.2) is 85.7 Å². The van der Waals surface area contributed by atoms with E-state index in [-0.39, 0.29) is 28.5 Å². The fraction of sp³-hybridized carbons (Fsp3) is 0.480. The van der Waals surface area contributed by atoms with Gasteiger partial charge < -0.3 is 24.8 Å². The highest BCUT2D eigenvalue weighted by molar-refractivity contribution is 7.88. The second-order valence-corrected chi connectivity index (χ2v) is 12.4. The molecule has 0 saturated carbocycles. The van der Waals surface area contributed by atoms with Crippen LogP contribution in [0.2, 0.25) is 0 Å². The van der Waals surface area contributed by atoms with Crippen molar-refractivity contribution in [1.82, 2.24) is 29.0 Å². The summed E-state index contributed by atoms with van der Waals surface area (Å²) in [6.45, 7) is 8.27. The Hall–Kier alpha value is -3.90. The Morgan fingerprint density at radius 1 is 1.14 bits per heavy atom. The fourth-order valence-corrected chi connectivity index (χ4v) is 4.87. The summed E-state index contributed by atoms with van der Waals surface area (Å²) in [6, 6.07) is 5.38. The normalized spacial score (nSPS) is 21.0. The lowest BCUT2D eigenvalue weighted by molar-refractivity contribution is -0.0330. The lowest BCUT2D eigenvalue weighted by Gasteiger charge is -2.20. The summed E-state index contributed by atoms with van der Waals surface area (Å²) < 4.78 is 41.3. The van der Waals surface area contributed by atoms with E-state index in [0.29, 0.717) is 5.82 Å².